The van der Waals surface area contributed by atoms with Crippen LogP contribution < -0.4 is 5.73 Å². The minimum Gasteiger partial charge on any atom is -0.313 e. The topological polar surface area (TPSA) is 91.4 Å². The highest BCUT2D eigenvalue weighted by atomic mass is 32.2. The Bertz CT molecular complexity index is 371. The average molecular weight is 237 g/mol. The number of nitrogens with one attached hydrogen (secondary N) is 1. The van der Waals surface area contributed by atoms with Crippen LogP contribution >= 0.6 is 11.8 Å². The quantitative estimate of drug-likeness (QED) is 0.770. The number of nitrogens with zero attached hydrogens (tertiary/aromatic N) is 3. The summed E-state index contributed by atoms with van der Waals surface area (Å²) in [5.41, 5.74) is 5.46. The van der Waals surface area contributed by atoms with Gasteiger partial charge in [0.15, 0.2) is 5.16 Å². The largest absolute Gasteiger partial charge is 0.313 e. The van der Waals surface area contributed by atoms with Crippen LogP contribution in [0.1, 0.15) is 25.7 Å². The Hall–Kier alpha value is -1.06. The zero-order valence-corrected chi connectivity index (χ0v) is 9.83. The van der Waals surface area contributed by atoms with Gasteiger partial charge in [-0.25, -0.2) is 4.98 Å². The summed E-state index contributed by atoms with van der Waals surface area (Å²) < 4.78 is 0. The maximum Gasteiger partial charge on any atom is 0.183 e. The molecule has 1 aromatic heterocycles. The van der Waals surface area contributed by atoms with Crippen LogP contribution in [0.25, 0.3) is 0 Å². The van der Waals surface area contributed by atoms with Crippen molar-refractivity contribution in [2.45, 2.75) is 36.4 Å². The van der Waals surface area contributed by atoms with Crippen molar-refractivity contribution in [2.24, 2.45) is 11.7 Å². The van der Waals surface area contributed by atoms with Crippen LogP contribution in [0.2, 0.25) is 0 Å². The summed E-state index contributed by atoms with van der Waals surface area (Å²) in [5.74, 6) is 1.26. The molecule has 1 aliphatic rings. The van der Waals surface area contributed by atoms with E-state index in [4.69, 9.17) is 11.0 Å². The lowest BCUT2D eigenvalue weighted by Crippen LogP contribution is -2.41. The van der Waals surface area contributed by atoms with Crippen LogP contribution in [0, 0.1) is 17.2 Å². The molecule has 2 rings (SSSR count). The van der Waals surface area contributed by atoms with E-state index in [1.807, 2.05) is 0 Å². The predicted molar refractivity (Wildman–Crippen MR) is 61.6 cm³/mol. The van der Waals surface area contributed by atoms with Crippen LogP contribution in [0.15, 0.2) is 11.5 Å². The molecule has 5 nitrogen and oxygen atoms in total. The predicted octanol–water partition coefficient (Wildman–Crippen LogP) is 1.31. The molecule has 1 aliphatic carbocycles. The van der Waals surface area contributed by atoms with Gasteiger partial charge in [0.2, 0.25) is 0 Å². The Morgan fingerprint density at radius 2 is 2.62 bits per heavy atom. The van der Waals surface area contributed by atoms with E-state index in [9.17, 15) is 0 Å². The summed E-state index contributed by atoms with van der Waals surface area (Å²) in [7, 11) is 0. The average Bonchev–Trinajstić information content (AvgIpc) is 2.90. The van der Waals surface area contributed by atoms with Crippen molar-refractivity contribution < 1.29 is 0 Å². The molecule has 86 valence electrons. The van der Waals surface area contributed by atoms with Gasteiger partial charge in [-0.15, -0.1) is 0 Å². The third kappa shape index (κ3) is 2.36. The molecule has 3 N–H and O–H groups in total. The molecule has 1 heterocycles. The van der Waals surface area contributed by atoms with E-state index in [2.05, 4.69) is 21.3 Å². The third-order valence-corrected chi connectivity index (χ3v) is 4.09. The molecule has 0 aromatic carbocycles. The molecule has 0 saturated heterocycles. The van der Waals surface area contributed by atoms with E-state index in [1.165, 1.54) is 6.33 Å². The van der Waals surface area contributed by atoms with Crippen LogP contribution in [-0.2, 0) is 0 Å². The molecule has 16 heavy (non-hydrogen) atoms. The van der Waals surface area contributed by atoms with Crippen LogP contribution in [0.3, 0.4) is 0 Å². The molecule has 0 aliphatic heterocycles. The van der Waals surface area contributed by atoms with E-state index < -0.39 is 5.54 Å². The van der Waals surface area contributed by atoms with Crippen molar-refractivity contribution in [3.8, 4) is 6.07 Å². The van der Waals surface area contributed by atoms with Crippen molar-refractivity contribution >= 4 is 11.8 Å². The first-order valence-corrected chi connectivity index (χ1v) is 6.41. The lowest BCUT2D eigenvalue weighted by atomic mass is 9.88. The van der Waals surface area contributed by atoms with Gasteiger partial charge in [-0.2, -0.15) is 10.4 Å². The molecule has 0 radical (unpaired) electrons. The molecule has 0 amide bonds. The number of hydrogen-bond acceptors (Lipinski definition) is 5. The fourth-order valence-electron chi connectivity index (χ4n) is 2.21. The summed E-state index contributed by atoms with van der Waals surface area (Å²) in [4.78, 5) is 4.04. The number of hydrogen-bond donors (Lipinski definition) is 2. The van der Waals surface area contributed by atoms with Gasteiger partial charge in [0.05, 0.1) is 6.07 Å². The van der Waals surface area contributed by atoms with Gasteiger partial charge in [0.25, 0.3) is 0 Å². The SMILES string of the molecule is N#CC1(N)CCCC1CCSc1ncn[nH]1. The molecule has 1 saturated carbocycles. The van der Waals surface area contributed by atoms with Crippen LogP contribution in [0.5, 0.6) is 0 Å². The van der Waals surface area contributed by atoms with E-state index in [-0.39, 0.29) is 0 Å². The third-order valence-electron chi connectivity index (χ3n) is 3.18. The second kappa shape index (κ2) is 4.85. The number of aromatic nitrogens is 3. The lowest BCUT2D eigenvalue weighted by molar-refractivity contribution is 0.389. The fourth-order valence-corrected chi connectivity index (χ4v) is 3.05. The zero-order chi connectivity index (χ0) is 11.4. The summed E-state index contributed by atoms with van der Waals surface area (Å²) in [6.07, 6.45) is 5.44. The molecule has 1 fully saturated rings. The highest BCUT2D eigenvalue weighted by molar-refractivity contribution is 7.99. The van der Waals surface area contributed by atoms with Gasteiger partial charge in [-0.1, -0.05) is 18.2 Å². The highest BCUT2D eigenvalue weighted by Gasteiger charge is 2.39. The zero-order valence-electron chi connectivity index (χ0n) is 9.02. The number of thioether (sulfide) groups is 1. The van der Waals surface area contributed by atoms with Crippen LogP contribution in [0.4, 0.5) is 0 Å². The van der Waals surface area contributed by atoms with Gasteiger partial charge in [0, 0.05) is 5.75 Å². The number of nitrogens with two attached hydrogens (primary N) is 1. The summed E-state index contributed by atoms with van der Waals surface area (Å²) in [6.45, 7) is 0. The first-order chi connectivity index (χ1) is 7.74. The molecule has 0 bridgehead atoms. The smallest absolute Gasteiger partial charge is 0.183 e. The fraction of sp³-hybridized carbons (Fsp3) is 0.700. The Morgan fingerprint density at radius 1 is 1.75 bits per heavy atom. The van der Waals surface area contributed by atoms with E-state index in [0.717, 1.165) is 36.6 Å². The Labute approximate surface area is 98.8 Å². The van der Waals surface area contributed by atoms with Crippen molar-refractivity contribution in [1.29, 1.82) is 5.26 Å². The Morgan fingerprint density at radius 3 is 3.31 bits per heavy atom. The molecule has 1 aromatic rings. The molecular weight excluding hydrogens is 222 g/mol. The highest BCUT2D eigenvalue weighted by Crippen LogP contribution is 2.36. The van der Waals surface area contributed by atoms with Gasteiger partial charge in [0.1, 0.15) is 11.9 Å². The molecule has 2 unspecified atom stereocenters. The van der Waals surface area contributed by atoms with Gasteiger partial charge in [-0.05, 0) is 25.2 Å². The lowest BCUT2D eigenvalue weighted by Gasteiger charge is -2.23. The van der Waals surface area contributed by atoms with E-state index in [1.54, 1.807) is 11.8 Å². The molecule has 0 spiro atoms. The number of H-pyrrole nitrogens is 1. The minimum absolute atomic E-state index is 0.327. The molecule has 6 heteroatoms. The molecule has 2 atom stereocenters. The summed E-state index contributed by atoms with van der Waals surface area (Å²) >= 11 is 1.63. The number of rotatable bonds is 4. The second-order valence-electron chi connectivity index (χ2n) is 4.17. The van der Waals surface area contributed by atoms with Crippen molar-refractivity contribution in [3.05, 3.63) is 6.33 Å². The second-order valence-corrected chi connectivity index (χ2v) is 5.25. The first-order valence-electron chi connectivity index (χ1n) is 5.43. The van der Waals surface area contributed by atoms with Crippen LogP contribution in [-0.4, -0.2) is 26.5 Å². The summed E-state index contributed by atoms with van der Waals surface area (Å²) in [6, 6.07) is 2.27. The number of nitriles is 1. The van der Waals surface area contributed by atoms with Crippen molar-refractivity contribution in [3.63, 3.8) is 0 Å². The maximum absolute atomic E-state index is 9.07. The van der Waals surface area contributed by atoms with E-state index >= 15 is 0 Å². The van der Waals surface area contributed by atoms with E-state index in [0.29, 0.717) is 5.92 Å². The van der Waals surface area contributed by atoms with Gasteiger partial charge < -0.3 is 5.73 Å². The van der Waals surface area contributed by atoms with Gasteiger partial charge >= 0.3 is 0 Å². The Kier molecular flexibility index (Phi) is 3.46. The standard InChI is InChI=1S/C10H15N5S/c11-6-10(12)4-1-2-8(10)3-5-16-9-13-7-14-15-9/h7-8H,1-5,12H2,(H,13,14,15). The Balaban J connectivity index is 1.80. The monoisotopic (exact) mass is 237 g/mol. The molecular formula is C10H15N5S. The number of aromatic amines is 1. The first kappa shape index (κ1) is 11.4. The van der Waals surface area contributed by atoms with Crippen molar-refractivity contribution in [1.82, 2.24) is 15.2 Å². The normalized spacial score (nSPS) is 29.1. The minimum atomic E-state index is -0.595. The summed E-state index contributed by atoms with van der Waals surface area (Å²) in [5, 5.41) is 16.5. The van der Waals surface area contributed by atoms with Crippen molar-refractivity contribution in [2.75, 3.05) is 5.75 Å². The van der Waals surface area contributed by atoms with Gasteiger partial charge in [-0.3, -0.25) is 5.10 Å². The maximum atomic E-state index is 9.07.